The molecule has 0 aromatic rings. The molecule has 2 rings (SSSR count). The Morgan fingerprint density at radius 2 is 0.353 bits per heavy atom. The molecule has 0 N–H and O–H groups in total. The molecule has 10 heteroatoms. The van der Waals surface area contributed by atoms with Gasteiger partial charge in [0.2, 0.25) is 0 Å². The molecule has 2 saturated carbocycles. The van der Waals surface area contributed by atoms with Crippen LogP contribution in [0.4, 0.5) is 0 Å². The fourth-order valence-corrected chi connectivity index (χ4v) is 2.81. The molecule has 12 radical (unpaired) electrons. The summed E-state index contributed by atoms with van der Waals surface area (Å²) in [5, 5.41) is 27.1. The molecule has 2 aliphatic carbocycles. The van der Waals surface area contributed by atoms with Crippen molar-refractivity contribution < 1.29 is 58.1 Å². The normalized spacial score (nSPS) is 17.7. The van der Waals surface area contributed by atoms with E-state index in [-0.39, 0.29) is 39.0 Å². The van der Waals surface area contributed by atoms with Gasteiger partial charge in [-0.1, -0.05) is 69.2 Å². The van der Waals surface area contributed by atoms with Crippen LogP contribution in [0.25, 0.3) is 21.6 Å². The van der Waals surface area contributed by atoms with Crippen molar-refractivity contribution >= 4 is 24.3 Å². The first-order chi connectivity index (χ1) is 14.8. The number of nitrogens with zero attached hydrogens (tertiary/aromatic N) is 4. The van der Waals surface area contributed by atoms with E-state index in [0.29, 0.717) is 24.3 Å². The van der Waals surface area contributed by atoms with E-state index in [9.17, 15) is 0 Å². The topological polar surface area (TPSA) is 157 Å². The molecular weight excluding hydrogens is 614 g/mol. The maximum atomic E-state index is 8.24. The summed E-state index contributed by atoms with van der Waals surface area (Å²) in [5.74, 6) is 14.7. The summed E-state index contributed by atoms with van der Waals surface area (Å²) in [6.45, 7) is 22.0. The Morgan fingerprint density at radius 1 is 0.324 bits per heavy atom. The predicted molar refractivity (Wildman–Crippen MR) is 125 cm³/mol. The molecule has 0 aromatic heterocycles. The van der Waals surface area contributed by atoms with Gasteiger partial charge in [-0.05, 0) is 83.5 Å². The maximum Gasteiger partial charge on any atom is 2.00 e. The van der Waals surface area contributed by atoms with Crippen LogP contribution in [0, 0.1) is 59.2 Å². The van der Waals surface area contributed by atoms with Gasteiger partial charge in [-0.3, -0.25) is 19.2 Å². The Labute approximate surface area is 231 Å². The number of hydrogen-bond donors (Lipinski definition) is 0. The molecule has 0 spiro atoms. The van der Waals surface area contributed by atoms with Gasteiger partial charge in [0.25, 0.3) is 0 Å². The van der Waals surface area contributed by atoms with E-state index in [2.05, 4.69) is 69.2 Å². The van der Waals surface area contributed by atoms with Crippen LogP contribution in [0.1, 0.15) is 69.2 Å². The fourth-order valence-electron chi connectivity index (χ4n) is 2.81. The second-order valence-corrected chi connectivity index (χ2v) is 6.62. The minimum atomic E-state index is 0. The summed E-state index contributed by atoms with van der Waals surface area (Å²) >= 11 is 0. The minimum Gasteiger partial charge on any atom is -0.724 e. The zero-order chi connectivity index (χ0) is 26.6. The third-order valence-electron chi connectivity index (χ3n) is 5.62. The zero-order valence-corrected chi connectivity index (χ0v) is 24.4. The van der Waals surface area contributed by atoms with Crippen molar-refractivity contribution in [1.82, 2.24) is 0 Å². The van der Waals surface area contributed by atoms with Crippen molar-refractivity contribution in [2.75, 3.05) is 0 Å². The van der Waals surface area contributed by atoms with Gasteiger partial charge < -0.3 is 21.6 Å². The van der Waals surface area contributed by atoms with Crippen molar-refractivity contribution in [3.8, 4) is 0 Å². The van der Waals surface area contributed by atoms with Gasteiger partial charge in [-0.15, -0.1) is 0 Å². The van der Waals surface area contributed by atoms with Crippen LogP contribution in [-0.4, -0.2) is 24.3 Å². The van der Waals surface area contributed by atoms with Crippen LogP contribution in [0.5, 0.6) is 0 Å². The monoisotopic (exact) mass is 644 g/mol. The van der Waals surface area contributed by atoms with E-state index >= 15 is 0 Å². The second kappa shape index (κ2) is 28.0. The molecule has 34 heavy (non-hydrogen) atoms. The molecule has 8 nitrogen and oxygen atoms in total. The van der Waals surface area contributed by atoms with Crippen molar-refractivity contribution in [2.24, 2.45) is 0 Å². The van der Waals surface area contributed by atoms with Crippen LogP contribution in [0.3, 0.4) is 0 Å². The molecule has 2 aliphatic rings. The van der Waals surface area contributed by atoms with Crippen molar-refractivity contribution in [3.63, 3.8) is 0 Å². The van der Waals surface area contributed by atoms with E-state index in [0.717, 1.165) is 0 Å². The molecule has 0 unspecified atom stereocenters. The van der Waals surface area contributed by atoms with Crippen LogP contribution >= 0.6 is 0 Å². The maximum absolute atomic E-state index is 8.24. The summed E-state index contributed by atoms with van der Waals surface area (Å²) in [6, 6.07) is 0. The number of hydrogen-bond acceptors (Lipinski definition) is 4. The summed E-state index contributed by atoms with van der Waals surface area (Å²) in [4.78, 5) is 32.9. The number of carbonyl (C=O) groups excluding carboxylic acids is 4. The first-order valence-corrected chi connectivity index (χ1v) is 9.21. The number of rotatable bonds is 0. The summed E-state index contributed by atoms with van der Waals surface area (Å²) in [6.07, 6.45) is 2.00. The van der Waals surface area contributed by atoms with E-state index in [1.807, 2.05) is 0 Å². The third kappa shape index (κ3) is 18.1. The molecular formula is C24H30N4O4Rh2. The van der Waals surface area contributed by atoms with Gasteiger partial charge in [-0.25, -0.2) is 0 Å². The number of isocyanates is 4. The van der Waals surface area contributed by atoms with Gasteiger partial charge in [-0.2, -0.15) is 0 Å². The largest absolute Gasteiger partial charge is 2.00 e. The average Bonchev–Trinajstić information content (AvgIpc) is 3.01. The van der Waals surface area contributed by atoms with Gasteiger partial charge in [0.05, 0.1) is 0 Å². The van der Waals surface area contributed by atoms with Gasteiger partial charge >= 0.3 is 39.0 Å². The molecule has 0 aromatic carbocycles. The standard InChI is InChI=1S/2C10H15.4CNO.2Rh/c2*1-6-7(2)9(4)10(5)8(6)3;4*2-1-3;;/h2*1-5H3;;;;;;/q;;4*-1;2*+2. The smallest absolute Gasteiger partial charge is 0.724 e. The summed E-state index contributed by atoms with van der Waals surface area (Å²) in [5.41, 5.74) is 0. The van der Waals surface area contributed by atoms with Gasteiger partial charge in [0.1, 0.15) is 0 Å². The quantitative estimate of drug-likeness (QED) is 0.194. The first kappa shape index (κ1) is 46.2. The Morgan fingerprint density at radius 3 is 0.382 bits per heavy atom. The predicted octanol–water partition coefficient (Wildman–Crippen LogP) is 5.51. The van der Waals surface area contributed by atoms with Crippen LogP contribution in [0.2, 0.25) is 0 Å². The van der Waals surface area contributed by atoms with E-state index in [4.69, 9.17) is 40.8 Å². The zero-order valence-electron chi connectivity index (χ0n) is 21.1. The molecule has 0 atom stereocenters. The molecule has 0 saturated heterocycles. The minimum absolute atomic E-state index is 0. The average molecular weight is 644 g/mol. The Bertz CT molecular complexity index is 459. The van der Waals surface area contributed by atoms with E-state index in [1.54, 1.807) is 0 Å². The molecule has 0 amide bonds. The molecule has 0 aliphatic heterocycles. The SMILES string of the molecule is C[C]1[C](C)[C](C)[C](C)[C]1C.C[C]1[C](C)[C](C)[C](C)[C]1C.[N-]=C=O.[N-]=C=O.[N-]=C=O.[N-]=C=O.[Rh+2].[Rh+2]. The van der Waals surface area contributed by atoms with E-state index in [1.165, 1.54) is 59.2 Å². The van der Waals surface area contributed by atoms with E-state index < -0.39 is 0 Å². The molecule has 0 heterocycles. The summed E-state index contributed by atoms with van der Waals surface area (Å²) < 4.78 is 0. The van der Waals surface area contributed by atoms with Crippen LogP contribution in [0.15, 0.2) is 0 Å². The van der Waals surface area contributed by atoms with Crippen molar-refractivity contribution in [3.05, 3.63) is 80.8 Å². The van der Waals surface area contributed by atoms with Gasteiger partial charge in [0.15, 0.2) is 0 Å². The van der Waals surface area contributed by atoms with Crippen LogP contribution in [-0.2, 0) is 58.1 Å². The Kier molecular flexibility index (Phi) is 38.0. The van der Waals surface area contributed by atoms with Gasteiger partial charge in [0, 0.05) is 0 Å². The summed E-state index contributed by atoms with van der Waals surface area (Å²) in [7, 11) is 0. The molecule has 0 bridgehead atoms. The van der Waals surface area contributed by atoms with Crippen molar-refractivity contribution in [2.45, 2.75) is 69.2 Å². The third-order valence-corrected chi connectivity index (χ3v) is 5.62. The second-order valence-electron chi connectivity index (χ2n) is 6.62. The first-order valence-electron chi connectivity index (χ1n) is 9.21. The fraction of sp³-hybridized carbons (Fsp3) is 0.417. The van der Waals surface area contributed by atoms with Crippen LogP contribution < -0.4 is 0 Å². The Balaban J connectivity index is -0.0000000764. The molecule has 2 fully saturated rings. The molecule has 188 valence electrons. The van der Waals surface area contributed by atoms with Crippen molar-refractivity contribution in [1.29, 1.82) is 0 Å². The Hall–Kier alpha value is -1.23.